The molecule has 0 aromatic carbocycles. The largest absolute Gasteiger partial charge is 0.339 e. The third kappa shape index (κ3) is 4.00. The lowest BCUT2D eigenvalue weighted by Crippen LogP contribution is -2.57. The quantitative estimate of drug-likeness (QED) is 0.556. The maximum absolute atomic E-state index is 6.39. The van der Waals surface area contributed by atoms with Gasteiger partial charge < -0.3 is 16.0 Å². The highest BCUT2D eigenvalue weighted by molar-refractivity contribution is 7.11. The second kappa shape index (κ2) is 8.83. The number of nitrogens with two attached hydrogens (primary N) is 2. The number of hydrogen-bond donors (Lipinski definition) is 3. The van der Waals surface area contributed by atoms with Gasteiger partial charge in [0.2, 0.25) is 5.96 Å². The Balaban J connectivity index is 0.000000924. The zero-order chi connectivity index (χ0) is 16.7. The van der Waals surface area contributed by atoms with E-state index in [1.807, 2.05) is 19.2 Å². The number of guanidine groups is 1. The van der Waals surface area contributed by atoms with Crippen LogP contribution in [0.5, 0.6) is 0 Å². The summed E-state index contributed by atoms with van der Waals surface area (Å²) in [5, 5.41) is 7.23. The molecule has 2 aliphatic rings. The average molecular weight is 334 g/mol. The van der Waals surface area contributed by atoms with Crippen molar-refractivity contribution in [2.75, 3.05) is 33.2 Å². The predicted molar refractivity (Wildman–Crippen MR) is 98.9 cm³/mol. The van der Waals surface area contributed by atoms with Crippen LogP contribution in [-0.4, -0.2) is 55.1 Å². The summed E-state index contributed by atoms with van der Waals surface area (Å²) < 4.78 is 0. The number of hydrazine groups is 1. The van der Waals surface area contributed by atoms with E-state index in [0.717, 1.165) is 37.7 Å². The third-order valence-electron chi connectivity index (χ3n) is 3.75. The van der Waals surface area contributed by atoms with Gasteiger partial charge in [-0.25, -0.2) is 10.8 Å². The summed E-state index contributed by atoms with van der Waals surface area (Å²) in [4.78, 5) is 8.09. The molecule has 5 N–H and O–H groups in total. The number of thiophene rings is 1. The first-order chi connectivity index (χ1) is 11.3. The number of allylic oxidation sites excluding steroid dienone is 1. The molecule has 0 saturated carbocycles. The minimum absolute atomic E-state index is 0.0380. The summed E-state index contributed by atoms with van der Waals surface area (Å²) in [5.41, 5.74) is 5.66. The first-order valence-electron chi connectivity index (χ1n) is 7.83. The monoisotopic (exact) mass is 334 g/mol. The van der Waals surface area contributed by atoms with Crippen LogP contribution in [0.4, 0.5) is 0 Å². The van der Waals surface area contributed by atoms with Gasteiger partial charge in [0.05, 0.1) is 6.04 Å². The van der Waals surface area contributed by atoms with Gasteiger partial charge in [-0.3, -0.25) is 5.01 Å². The van der Waals surface area contributed by atoms with Crippen LogP contribution in [0, 0.1) is 0 Å². The molecular weight excluding hydrogens is 308 g/mol. The molecule has 1 unspecified atom stereocenters. The van der Waals surface area contributed by atoms with E-state index in [2.05, 4.69) is 44.5 Å². The Kier molecular flexibility index (Phi) is 6.79. The van der Waals surface area contributed by atoms with Crippen LogP contribution in [0.3, 0.4) is 0 Å². The Hall–Kier alpha value is -1.67. The number of hydrogen-bond acceptors (Lipinski definition) is 7. The fraction of sp³-hybridized carbons (Fsp3) is 0.438. The number of piperazine rings is 1. The van der Waals surface area contributed by atoms with Crippen molar-refractivity contribution >= 4 is 22.9 Å². The second-order valence-corrected chi connectivity index (χ2v) is 6.05. The fourth-order valence-electron chi connectivity index (χ4n) is 2.69. The molecule has 3 rings (SSSR count). The van der Waals surface area contributed by atoms with Crippen LogP contribution in [-0.2, 0) is 0 Å². The maximum Gasteiger partial charge on any atom is 0.216 e. The highest BCUT2D eigenvalue weighted by atomic mass is 32.1. The summed E-state index contributed by atoms with van der Waals surface area (Å²) in [6.07, 6.45) is 6.15. The maximum atomic E-state index is 6.39. The minimum atomic E-state index is 0.0380. The Morgan fingerprint density at radius 3 is 2.70 bits per heavy atom. The van der Waals surface area contributed by atoms with Gasteiger partial charge in [-0.05, 0) is 25.4 Å². The lowest BCUT2D eigenvalue weighted by Gasteiger charge is -2.39. The molecule has 3 heterocycles. The predicted octanol–water partition coefficient (Wildman–Crippen LogP) is 1.06. The van der Waals surface area contributed by atoms with Gasteiger partial charge in [0.15, 0.2) is 0 Å². The van der Waals surface area contributed by atoms with Gasteiger partial charge in [0.1, 0.15) is 0 Å². The Bertz CT molecular complexity index is 557. The number of nitrogens with zero attached hydrogens (tertiary/aromatic N) is 3. The molecular formula is C16H26N6S. The fourth-order valence-corrected chi connectivity index (χ4v) is 3.46. The second-order valence-electron chi connectivity index (χ2n) is 5.11. The molecule has 0 bridgehead atoms. The molecule has 0 radical (unpaired) electrons. The van der Waals surface area contributed by atoms with Crippen molar-refractivity contribution in [2.45, 2.75) is 13.0 Å². The SMILES string of the molecule is C/C=C/C1C(c2cccs2)=CN=C(N2CCNCC2)N1N.CN. The van der Waals surface area contributed by atoms with Crippen molar-refractivity contribution in [3.8, 4) is 0 Å². The topological polar surface area (TPSA) is 82.9 Å². The van der Waals surface area contributed by atoms with E-state index in [4.69, 9.17) is 5.84 Å². The van der Waals surface area contributed by atoms with Crippen LogP contribution in [0.25, 0.3) is 5.57 Å². The van der Waals surface area contributed by atoms with Crippen molar-refractivity contribution in [1.29, 1.82) is 0 Å². The summed E-state index contributed by atoms with van der Waals surface area (Å²) in [6.45, 7) is 5.86. The van der Waals surface area contributed by atoms with Crippen LogP contribution < -0.4 is 16.9 Å². The van der Waals surface area contributed by atoms with Crippen molar-refractivity contribution in [1.82, 2.24) is 15.2 Å². The van der Waals surface area contributed by atoms with Gasteiger partial charge in [-0.15, -0.1) is 11.3 Å². The molecule has 1 atom stereocenters. The zero-order valence-electron chi connectivity index (χ0n) is 13.8. The molecule has 7 heteroatoms. The van der Waals surface area contributed by atoms with Crippen molar-refractivity contribution < 1.29 is 0 Å². The molecule has 6 nitrogen and oxygen atoms in total. The van der Waals surface area contributed by atoms with E-state index in [1.54, 1.807) is 16.3 Å². The number of aliphatic imine (C=N–C) groups is 1. The van der Waals surface area contributed by atoms with E-state index in [-0.39, 0.29) is 6.04 Å². The van der Waals surface area contributed by atoms with Crippen molar-refractivity contribution in [2.24, 2.45) is 16.6 Å². The molecule has 0 aliphatic carbocycles. The van der Waals surface area contributed by atoms with Crippen molar-refractivity contribution in [3.05, 3.63) is 40.7 Å². The smallest absolute Gasteiger partial charge is 0.216 e. The summed E-state index contributed by atoms with van der Waals surface area (Å²) in [5.74, 6) is 7.25. The van der Waals surface area contributed by atoms with Gasteiger partial charge in [-0.2, -0.15) is 0 Å². The standard InChI is InChI=1S/C15H21N5S.CH5N/c1-2-4-13-12(14-5-3-10-21-14)11-18-15(20(13)16)19-8-6-17-7-9-19;1-2/h2-5,10-11,13,17H,6-9,16H2,1H3;2H2,1H3/b4-2+;. The van der Waals surface area contributed by atoms with Crippen LogP contribution in [0.15, 0.2) is 40.9 Å². The van der Waals surface area contributed by atoms with Crippen LogP contribution >= 0.6 is 11.3 Å². The van der Waals surface area contributed by atoms with E-state index in [1.165, 1.54) is 11.9 Å². The van der Waals surface area contributed by atoms with E-state index in [9.17, 15) is 0 Å². The third-order valence-corrected chi connectivity index (χ3v) is 4.67. The minimum Gasteiger partial charge on any atom is -0.339 e. The van der Waals surface area contributed by atoms with E-state index < -0.39 is 0 Å². The molecule has 0 spiro atoms. The molecule has 1 aromatic heterocycles. The normalized spacial score (nSPS) is 21.7. The summed E-state index contributed by atoms with van der Waals surface area (Å²) in [7, 11) is 1.50. The Morgan fingerprint density at radius 2 is 2.09 bits per heavy atom. The number of rotatable bonds is 2. The zero-order valence-corrected chi connectivity index (χ0v) is 14.6. The van der Waals surface area contributed by atoms with Crippen molar-refractivity contribution in [3.63, 3.8) is 0 Å². The van der Waals surface area contributed by atoms with Gasteiger partial charge >= 0.3 is 0 Å². The number of nitrogens with one attached hydrogen (secondary N) is 1. The van der Waals surface area contributed by atoms with Crippen LogP contribution in [0.1, 0.15) is 11.8 Å². The van der Waals surface area contributed by atoms with E-state index in [0.29, 0.717) is 0 Å². The Labute approximate surface area is 142 Å². The highest BCUT2D eigenvalue weighted by Gasteiger charge is 2.29. The average Bonchev–Trinajstić information content (AvgIpc) is 3.14. The highest BCUT2D eigenvalue weighted by Crippen LogP contribution is 2.29. The molecule has 1 saturated heterocycles. The molecule has 0 amide bonds. The molecule has 1 fully saturated rings. The van der Waals surface area contributed by atoms with Gasteiger partial charge in [-0.1, -0.05) is 18.2 Å². The summed E-state index contributed by atoms with van der Waals surface area (Å²) in [6, 6.07) is 4.21. The molecule has 23 heavy (non-hydrogen) atoms. The molecule has 2 aliphatic heterocycles. The van der Waals surface area contributed by atoms with Crippen LogP contribution in [0.2, 0.25) is 0 Å². The lowest BCUT2D eigenvalue weighted by atomic mass is 10.0. The molecule has 1 aromatic rings. The lowest BCUT2D eigenvalue weighted by molar-refractivity contribution is 0.286. The summed E-state index contributed by atoms with van der Waals surface area (Å²) >= 11 is 1.72. The first kappa shape index (κ1) is 17.7. The van der Waals surface area contributed by atoms with Gasteiger partial charge in [0.25, 0.3) is 0 Å². The Morgan fingerprint density at radius 1 is 1.35 bits per heavy atom. The van der Waals surface area contributed by atoms with Gasteiger partial charge in [0, 0.05) is 42.8 Å². The first-order valence-corrected chi connectivity index (χ1v) is 8.71. The van der Waals surface area contributed by atoms with E-state index >= 15 is 0 Å². The molecule has 126 valence electrons.